The van der Waals surface area contributed by atoms with Gasteiger partial charge in [-0.1, -0.05) is 39.0 Å². The molecule has 0 spiro atoms. The number of aliphatic hydroxyl groups is 1. The van der Waals surface area contributed by atoms with Crippen molar-refractivity contribution in [2.45, 2.75) is 58.8 Å². The Hall–Kier alpha value is -0.790. The fraction of sp³-hybridized carbons (Fsp3) is 0.750. The van der Waals surface area contributed by atoms with Crippen LogP contribution < -0.4 is 0 Å². The Balaban J connectivity index is 3.31. The normalized spacial score (nSPS) is 11.7. The molecule has 2 heteroatoms. The van der Waals surface area contributed by atoms with Gasteiger partial charge in [-0.25, -0.2) is 0 Å². The van der Waals surface area contributed by atoms with Gasteiger partial charge in [-0.15, -0.1) is 0 Å². The predicted molar refractivity (Wildman–Crippen MR) is 59.4 cm³/mol. The number of allylic oxidation sites excluding steroid dienone is 2. The summed E-state index contributed by atoms with van der Waals surface area (Å²) in [5, 5.41) is 9.26. The molecule has 0 saturated carbocycles. The molecule has 2 nitrogen and oxygen atoms in total. The SMILES string of the molecule is CCCCCCCCC(O)=CC(C)=O. The summed E-state index contributed by atoms with van der Waals surface area (Å²) in [5.74, 6) is 0.154. The molecule has 0 saturated heterocycles. The summed E-state index contributed by atoms with van der Waals surface area (Å²) in [6, 6.07) is 0. The summed E-state index contributed by atoms with van der Waals surface area (Å²) in [6.07, 6.45) is 9.17. The predicted octanol–water partition coefficient (Wildman–Crippen LogP) is 3.77. The zero-order valence-electron chi connectivity index (χ0n) is 9.38. The van der Waals surface area contributed by atoms with E-state index in [1.165, 1.54) is 38.7 Å². The molecule has 1 N–H and O–H groups in total. The van der Waals surface area contributed by atoms with E-state index in [2.05, 4.69) is 6.92 Å². The highest BCUT2D eigenvalue weighted by molar-refractivity contribution is 5.87. The van der Waals surface area contributed by atoms with Gasteiger partial charge >= 0.3 is 0 Å². The quantitative estimate of drug-likeness (QED) is 0.366. The van der Waals surface area contributed by atoms with Crippen LogP contribution in [0.4, 0.5) is 0 Å². The van der Waals surface area contributed by atoms with Crippen molar-refractivity contribution < 1.29 is 9.90 Å². The molecule has 0 aromatic heterocycles. The maximum Gasteiger partial charge on any atom is 0.155 e. The second kappa shape index (κ2) is 8.79. The highest BCUT2D eigenvalue weighted by atomic mass is 16.3. The van der Waals surface area contributed by atoms with Crippen LogP contribution >= 0.6 is 0 Å². The molecule has 0 aliphatic rings. The maximum absolute atomic E-state index is 10.6. The van der Waals surface area contributed by atoms with Crippen LogP contribution in [0.25, 0.3) is 0 Å². The second-order valence-electron chi connectivity index (χ2n) is 3.76. The van der Waals surface area contributed by atoms with Crippen LogP contribution in [0.1, 0.15) is 58.8 Å². The van der Waals surface area contributed by atoms with E-state index in [4.69, 9.17) is 0 Å². The Morgan fingerprint density at radius 1 is 1.14 bits per heavy atom. The van der Waals surface area contributed by atoms with Crippen molar-refractivity contribution in [2.75, 3.05) is 0 Å². The van der Waals surface area contributed by atoms with Crippen molar-refractivity contribution >= 4 is 5.78 Å². The third kappa shape index (κ3) is 9.30. The molecule has 0 heterocycles. The maximum atomic E-state index is 10.6. The van der Waals surface area contributed by atoms with E-state index in [-0.39, 0.29) is 11.5 Å². The number of hydrogen-bond acceptors (Lipinski definition) is 2. The first-order valence-electron chi connectivity index (χ1n) is 5.57. The minimum absolute atomic E-state index is 0.0755. The molecule has 0 amide bonds. The summed E-state index contributed by atoms with van der Waals surface area (Å²) in [7, 11) is 0. The first-order valence-corrected chi connectivity index (χ1v) is 5.57. The Morgan fingerprint density at radius 3 is 2.29 bits per heavy atom. The first kappa shape index (κ1) is 13.2. The molecule has 0 aliphatic carbocycles. The van der Waals surface area contributed by atoms with Crippen LogP contribution in [0.15, 0.2) is 11.8 Å². The average Bonchev–Trinajstić information content (AvgIpc) is 2.10. The third-order valence-corrected chi connectivity index (χ3v) is 2.16. The van der Waals surface area contributed by atoms with Gasteiger partial charge in [0.1, 0.15) is 0 Å². The van der Waals surface area contributed by atoms with Crippen molar-refractivity contribution in [2.24, 2.45) is 0 Å². The monoisotopic (exact) mass is 198 g/mol. The molecule has 0 aromatic carbocycles. The number of carbonyl (C=O) groups is 1. The van der Waals surface area contributed by atoms with Gasteiger partial charge in [0.05, 0.1) is 5.76 Å². The van der Waals surface area contributed by atoms with E-state index in [1.54, 1.807) is 0 Å². The van der Waals surface area contributed by atoms with Crippen LogP contribution in [0, 0.1) is 0 Å². The van der Waals surface area contributed by atoms with Gasteiger partial charge in [0.15, 0.2) is 5.78 Å². The van der Waals surface area contributed by atoms with E-state index in [0.29, 0.717) is 6.42 Å². The van der Waals surface area contributed by atoms with Gasteiger partial charge in [-0.05, 0) is 13.3 Å². The number of ketones is 1. The number of unbranched alkanes of at least 4 members (excludes halogenated alkanes) is 5. The van der Waals surface area contributed by atoms with Crippen molar-refractivity contribution in [3.05, 3.63) is 11.8 Å². The van der Waals surface area contributed by atoms with Gasteiger partial charge in [0, 0.05) is 12.5 Å². The van der Waals surface area contributed by atoms with E-state index in [0.717, 1.165) is 12.8 Å². The van der Waals surface area contributed by atoms with Crippen LogP contribution in [0.5, 0.6) is 0 Å². The fourth-order valence-electron chi connectivity index (χ4n) is 1.39. The van der Waals surface area contributed by atoms with Gasteiger partial charge in [-0.3, -0.25) is 4.79 Å². The summed E-state index contributed by atoms with van der Waals surface area (Å²) < 4.78 is 0. The van der Waals surface area contributed by atoms with E-state index >= 15 is 0 Å². The fourth-order valence-corrected chi connectivity index (χ4v) is 1.39. The molecule has 0 unspecified atom stereocenters. The molecule has 0 bridgehead atoms. The molecule has 14 heavy (non-hydrogen) atoms. The van der Waals surface area contributed by atoms with Crippen LogP contribution in [0.3, 0.4) is 0 Å². The lowest BCUT2D eigenvalue weighted by Gasteiger charge is -2.00. The first-order chi connectivity index (χ1) is 6.66. The lowest BCUT2D eigenvalue weighted by Crippen LogP contribution is -1.89. The summed E-state index contributed by atoms with van der Waals surface area (Å²) in [4.78, 5) is 10.6. The Labute approximate surface area is 87.0 Å². The smallest absolute Gasteiger partial charge is 0.155 e. The largest absolute Gasteiger partial charge is 0.512 e. The minimum atomic E-state index is -0.0755. The van der Waals surface area contributed by atoms with Crippen molar-refractivity contribution in [1.82, 2.24) is 0 Å². The van der Waals surface area contributed by atoms with Crippen molar-refractivity contribution in [1.29, 1.82) is 0 Å². The van der Waals surface area contributed by atoms with Gasteiger partial charge in [0.25, 0.3) is 0 Å². The van der Waals surface area contributed by atoms with Crippen LogP contribution in [-0.4, -0.2) is 10.9 Å². The Bertz CT molecular complexity index is 183. The van der Waals surface area contributed by atoms with Crippen molar-refractivity contribution in [3.63, 3.8) is 0 Å². The zero-order chi connectivity index (χ0) is 10.8. The molecule has 0 aromatic rings. The van der Waals surface area contributed by atoms with Crippen LogP contribution in [0.2, 0.25) is 0 Å². The average molecular weight is 198 g/mol. The van der Waals surface area contributed by atoms with Gasteiger partial charge in [-0.2, -0.15) is 0 Å². The molecule has 0 atom stereocenters. The minimum Gasteiger partial charge on any atom is -0.512 e. The summed E-state index contributed by atoms with van der Waals surface area (Å²) in [5.41, 5.74) is 0. The number of carbonyl (C=O) groups excluding carboxylic acids is 1. The standard InChI is InChI=1S/C12H22O2/c1-3-4-5-6-7-8-9-12(14)10-11(2)13/h10,14H,3-9H2,1-2H3. The zero-order valence-corrected chi connectivity index (χ0v) is 9.38. The van der Waals surface area contributed by atoms with Gasteiger partial charge in [0.2, 0.25) is 0 Å². The molecule has 0 aliphatic heterocycles. The summed E-state index contributed by atoms with van der Waals surface area (Å²) >= 11 is 0. The molecule has 0 rings (SSSR count). The van der Waals surface area contributed by atoms with E-state index in [9.17, 15) is 9.90 Å². The van der Waals surface area contributed by atoms with E-state index in [1.807, 2.05) is 0 Å². The van der Waals surface area contributed by atoms with Gasteiger partial charge < -0.3 is 5.11 Å². The van der Waals surface area contributed by atoms with E-state index < -0.39 is 0 Å². The summed E-state index contributed by atoms with van der Waals surface area (Å²) in [6.45, 7) is 3.65. The Morgan fingerprint density at radius 2 is 1.71 bits per heavy atom. The van der Waals surface area contributed by atoms with Crippen LogP contribution in [-0.2, 0) is 4.79 Å². The lowest BCUT2D eigenvalue weighted by atomic mass is 10.1. The molecular weight excluding hydrogens is 176 g/mol. The second-order valence-corrected chi connectivity index (χ2v) is 3.76. The third-order valence-electron chi connectivity index (χ3n) is 2.16. The molecule has 82 valence electrons. The highest BCUT2D eigenvalue weighted by Crippen LogP contribution is 2.09. The topological polar surface area (TPSA) is 37.3 Å². The number of aliphatic hydroxyl groups excluding tert-OH is 1. The number of hydrogen-bond donors (Lipinski definition) is 1. The number of rotatable bonds is 8. The Kier molecular flexibility index (Phi) is 8.30. The molecule has 0 fully saturated rings. The van der Waals surface area contributed by atoms with Crippen molar-refractivity contribution in [3.8, 4) is 0 Å². The lowest BCUT2D eigenvalue weighted by molar-refractivity contribution is -0.112. The highest BCUT2D eigenvalue weighted by Gasteiger charge is 1.96. The molecular formula is C12H22O2. The molecule has 0 radical (unpaired) electrons.